The number of carbonyl (C=O) groups excluding carboxylic acids is 1. The Morgan fingerprint density at radius 2 is 2.29 bits per heavy atom. The fraction of sp³-hybridized carbons (Fsp3) is 0.455. The van der Waals surface area contributed by atoms with Crippen molar-refractivity contribution in [1.29, 1.82) is 0 Å². The smallest absolute Gasteiger partial charge is 0.216 e. The third-order valence-electron chi connectivity index (χ3n) is 2.37. The summed E-state index contributed by atoms with van der Waals surface area (Å²) in [5.74, 6) is 0.0196. The molecule has 1 heterocycles. The van der Waals surface area contributed by atoms with Crippen molar-refractivity contribution in [2.45, 2.75) is 25.6 Å². The summed E-state index contributed by atoms with van der Waals surface area (Å²) in [5, 5.41) is 22.1. The van der Waals surface area contributed by atoms with Crippen molar-refractivity contribution in [3.8, 4) is 0 Å². The van der Waals surface area contributed by atoms with Gasteiger partial charge in [0.05, 0.1) is 6.10 Å². The van der Waals surface area contributed by atoms with Gasteiger partial charge in [-0.15, -0.1) is 0 Å². The SMILES string of the molecule is CC(=O)NCCC(O)C(O)c1cccnc1N. The van der Waals surface area contributed by atoms with Crippen LogP contribution in [0.4, 0.5) is 5.82 Å². The first-order chi connectivity index (χ1) is 8.02. The number of anilines is 1. The zero-order valence-corrected chi connectivity index (χ0v) is 9.63. The second kappa shape index (κ2) is 6.17. The van der Waals surface area contributed by atoms with Gasteiger partial charge in [0, 0.05) is 25.2 Å². The molecule has 94 valence electrons. The molecule has 1 aromatic heterocycles. The van der Waals surface area contributed by atoms with E-state index < -0.39 is 12.2 Å². The van der Waals surface area contributed by atoms with Crippen LogP contribution in [0.2, 0.25) is 0 Å². The van der Waals surface area contributed by atoms with E-state index in [1.54, 1.807) is 12.1 Å². The van der Waals surface area contributed by atoms with E-state index in [-0.39, 0.29) is 18.1 Å². The van der Waals surface area contributed by atoms with Gasteiger partial charge in [-0.2, -0.15) is 0 Å². The first kappa shape index (κ1) is 13.4. The van der Waals surface area contributed by atoms with Gasteiger partial charge in [-0.25, -0.2) is 4.98 Å². The number of nitrogens with zero attached hydrogens (tertiary/aromatic N) is 1. The van der Waals surface area contributed by atoms with E-state index in [4.69, 9.17) is 5.73 Å². The molecule has 6 heteroatoms. The number of nitrogen functional groups attached to an aromatic ring is 1. The van der Waals surface area contributed by atoms with Crippen LogP contribution < -0.4 is 11.1 Å². The van der Waals surface area contributed by atoms with Crippen molar-refractivity contribution in [2.75, 3.05) is 12.3 Å². The molecule has 0 fully saturated rings. The molecule has 17 heavy (non-hydrogen) atoms. The molecule has 1 aromatic rings. The number of pyridine rings is 1. The summed E-state index contributed by atoms with van der Waals surface area (Å²) >= 11 is 0. The number of nitrogens with one attached hydrogen (secondary N) is 1. The normalized spacial score (nSPS) is 14.1. The minimum absolute atomic E-state index is 0.174. The molecule has 0 aromatic carbocycles. The van der Waals surface area contributed by atoms with Gasteiger partial charge >= 0.3 is 0 Å². The van der Waals surface area contributed by atoms with Crippen LogP contribution >= 0.6 is 0 Å². The summed E-state index contributed by atoms with van der Waals surface area (Å²) in [5.41, 5.74) is 5.98. The molecule has 5 N–H and O–H groups in total. The van der Waals surface area contributed by atoms with Crippen LogP contribution in [0.1, 0.15) is 25.0 Å². The molecule has 0 bridgehead atoms. The largest absolute Gasteiger partial charge is 0.390 e. The van der Waals surface area contributed by atoms with Crippen LogP contribution in [0.15, 0.2) is 18.3 Å². The third-order valence-corrected chi connectivity index (χ3v) is 2.37. The zero-order chi connectivity index (χ0) is 12.8. The Hall–Kier alpha value is -1.66. The first-order valence-electron chi connectivity index (χ1n) is 5.33. The van der Waals surface area contributed by atoms with Gasteiger partial charge in [0.2, 0.25) is 5.91 Å². The van der Waals surface area contributed by atoms with E-state index >= 15 is 0 Å². The molecule has 1 amide bonds. The highest BCUT2D eigenvalue weighted by atomic mass is 16.3. The maximum atomic E-state index is 10.6. The predicted molar refractivity (Wildman–Crippen MR) is 62.9 cm³/mol. The molecule has 0 aliphatic carbocycles. The molecule has 2 unspecified atom stereocenters. The quantitative estimate of drug-likeness (QED) is 0.558. The number of hydrogen-bond acceptors (Lipinski definition) is 5. The lowest BCUT2D eigenvalue weighted by Crippen LogP contribution is -2.28. The van der Waals surface area contributed by atoms with Crippen LogP contribution in [0, 0.1) is 0 Å². The van der Waals surface area contributed by atoms with Gasteiger partial charge < -0.3 is 21.3 Å². The van der Waals surface area contributed by atoms with Gasteiger partial charge in [0.15, 0.2) is 0 Å². The number of aromatic nitrogens is 1. The number of rotatable bonds is 5. The number of nitrogens with two attached hydrogens (primary N) is 1. The molecule has 2 atom stereocenters. The standard InChI is InChI=1S/C11H17N3O3/c1-7(15)13-6-4-9(16)10(17)8-3-2-5-14-11(8)12/h2-3,5,9-10,16-17H,4,6H2,1H3,(H2,12,14)(H,13,15). The lowest BCUT2D eigenvalue weighted by molar-refractivity contribution is -0.119. The van der Waals surface area contributed by atoms with Crippen LogP contribution in [0.5, 0.6) is 0 Å². The fourth-order valence-electron chi connectivity index (χ4n) is 1.44. The van der Waals surface area contributed by atoms with Gasteiger partial charge in [0.1, 0.15) is 11.9 Å². The summed E-state index contributed by atoms with van der Waals surface area (Å²) in [6.45, 7) is 1.69. The van der Waals surface area contributed by atoms with Crippen molar-refractivity contribution in [2.24, 2.45) is 0 Å². The van der Waals surface area contributed by atoms with Gasteiger partial charge in [-0.1, -0.05) is 6.07 Å². The van der Waals surface area contributed by atoms with Crippen LogP contribution in [0.3, 0.4) is 0 Å². The number of carbonyl (C=O) groups is 1. The van der Waals surface area contributed by atoms with E-state index in [0.717, 1.165) is 0 Å². The Morgan fingerprint density at radius 3 is 2.88 bits per heavy atom. The molecule has 0 saturated heterocycles. The van der Waals surface area contributed by atoms with Gasteiger partial charge in [-0.3, -0.25) is 4.79 Å². The Balaban J connectivity index is 2.55. The minimum Gasteiger partial charge on any atom is -0.390 e. The Kier molecular flexibility index (Phi) is 4.86. The first-order valence-corrected chi connectivity index (χ1v) is 5.33. The highest BCUT2D eigenvalue weighted by molar-refractivity contribution is 5.72. The van der Waals surface area contributed by atoms with E-state index in [1.165, 1.54) is 13.1 Å². The molecule has 0 spiro atoms. The number of aliphatic hydroxyl groups excluding tert-OH is 2. The van der Waals surface area contributed by atoms with Crippen LogP contribution in [-0.4, -0.2) is 33.8 Å². The number of amides is 1. The average Bonchev–Trinajstić information content (AvgIpc) is 2.28. The lowest BCUT2D eigenvalue weighted by Gasteiger charge is -2.19. The van der Waals surface area contributed by atoms with E-state index in [0.29, 0.717) is 12.1 Å². The summed E-state index contributed by atoms with van der Waals surface area (Å²) < 4.78 is 0. The Labute approximate surface area is 99.5 Å². The highest BCUT2D eigenvalue weighted by Crippen LogP contribution is 2.22. The Bertz CT molecular complexity index is 384. The van der Waals surface area contributed by atoms with Gasteiger partial charge in [-0.05, 0) is 12.5 Å². The average molecular weight is 239 g/mol. The summed E-state index contributed by atoms with van der Waals surface area (Å²) in [4.78, 5) is 14.5. The number of hydrogen-bond donors (Lipinski definition) is 4. The van der Waals surface area contributed by atoms with Gasteiger partial charge in [0.25, 0.3) is 0 Å². The topological polar surface area (TPSA) is 108 Å². The van der Waals surface area contributed by atoms with Crippen molar-refractivity contribution >= 4 is 11.7 Å². The molecule has 0 aliphatic heterocycles. The van der Waals surface area contributed by atoms with E-state index in [1.807, 2.05) is 0 Å². The second-order valence-corrected chi connectivity index (χ2v) is 3.76. The van der Waals surface area contributed by atoms with Crippen LogP contribution in [-0.2, 0) is 4.79 Å². The summed E-state index contributed by atoms with van der Waals surface area (Å²) in [6.07, 6.45) is -0.338. The molecular formula is C11H17N3O3. The maximum Gasteiger partial charge on any atom is 0.216 e. The van der Waals surface area contributed by atoms with Crippen molar-refractivity contribution in [3.05, 3.63) is 23.9 Å². The monoisotopic (exact) mass is 239 g/mol. The molecule has 0 radical (unpaired) electrons. The number of aliphatic hydroxyl groups is 2. The third kappa shape index (κ3) is 4.01. The minimum atomic E-state index is -1.10. The van der Waals surface area contributed by atoms with Crippen molar-refractivity contribution < 1.29 is 15.0 Å². The lowest BCUT2D eigenvalue weighted by atomic mass is 10.0. The summed E-state index contributed by atoms with van der Waals surface area (Å²) in [7, 11) is 0. The molecule has 1 rings (SSSR count). The molecule has 0 aliphatic rings. The maximum absolute atomic E-state index is 10.6. The summed E-state index contributed by atoms with van der Waals surface area (Å²) in [6, 6.07) is 3.24. The fourth-order valence-corrected chi connectivity index (χ4v) is 1.44. The van der Waals surface area contributed by atoms with E-state index in [9.17, 15) is 15.0 Å². The van der Waals surface area contributed by atoms with Crippen LogP contribution in [0.25, 0.3) is 0 Å². The van der Waals surface area contributed by atoms with Crippen molar-refractivity contribution in [3.63, 3.8) is 0 Å². The van der Waals surface area contributed by atoms with E-state index in [2.05, 4.69) is 10.3 Å². The highest BCUT2D eigenvalue weighted by Gasteiger charge is 2.20. The molecular weight excluding hydrogens is 222 g/mol. The molecule has 6 nitrogen and oxygen atoms in total. The Morgan fingerprint density at radius 1 is 1.59 bits per heavy atom. The molecule has 0 saturated carbocycles. The van der Waals surface area contributed by atoms with Crippen molar-refractivity contribution in [1.82, 2.24) is 10.3 Å². The zero-order valence-electron chi connectivity index (χ0n) is 9.63. The second-order valence-electron chi connectivity index (χ2n) is 3.76. The predicted octanol–water partition coefficient (Wildman–Crippen LogP) is -0.416.